The lowest BCUT2D eigenvalue weighted by atomic mass is 10.1. The Balaban J connectivity index is 1.63. The molecule has 0 aliphatic rings. The number of carbonyl (C=O) groups is 1. The Morgan fingerprint density at radius 3 is 2.68 bits per heavy atom. The molecule has 0 amide bonds. The highest BCUT2D eigenvalue weighted by Gasteiger charge is 2.13. The molecule has 0 aliphatic heterocycles. The lowest BCUT2D eigenvalue weighted by molar-refractivity contribution is 0.102. The van der Waals surface area contributed by atoms with Crippen molar-refractivity contribution in [2.24, 2.45) is 5.10 Å². The number of methoxy groups -OCH3 is 1. The van der Waals surface area contributed by atoms with E-state index < -0.39 is 0 Å². The molecule has 2 aromatic carbocycles. The third kappa shape index (κ3) is 4.68. The van der Waals surface area contributed by atoms with Crippen molar-refractivity contribution in [3.05, 3.63) is 65.7 Å². The van der Waals surface area contributed by atoms with Crippen LogP contribution in [0.1, 0.15) is 22.8 Å². The maximum absolute atomic E-state index is 12.2. The van der Waals surface area contributed by atoms with Crippen molar-refractivity contribution >= 4 is 29.2 Å². The fourth-order valence-corrected chi connectivity index (χ4v) is 3.09. The molecule has 3 aromatic rings. The van der Waals surface area contributed by atoms with Gasteiger partial charge in [-0.15, -0.1) is 10.2 Å². The average molecular weight is 396 g/mol. The standard InChI is InChI=1S/C19H20N6O2S/c1-13(15-9-6-10-16(11-15)27-2)21-22-18-23-24-19(25(18)20)28-12-17(26)14-7-4-3-5-8-14/h3-11H,12,20H2,1-2H3,(H,22,23)/b21-13+. The van der Waals surface area contributed by atoms with Crippen LogP contribution < -0.4 is 16.0 Å². The van der Waals surface area contributed by atoms with Gasteiger partial charge in [-0.3, -0.25) is 4.79 Å². The second-order valence-electron chi connectivity index (χ2n) is 5.80. The van der Waals surface area contributed by atoms with Crippen LogP contribution in [-0.2, 0) is 0 Å². The molecule has 0 radical (unpaired) electrons. The lowest BCUT2D eigenvalue weighted by Crippen LogP contribution is -2.14. The fourth-order valence-electron chi connectivity index (χ4n) is 2.34. The molecule has 0 saturated heterocycles. The first-order valence-electron chi connectivity index (χ1n) is 8.44. The minimum Gasteiger partial charge on any atom is -0.497 e. The van der Waals surface area contributed by atoms with E-state index in [1.54, 1.807) is 19.2 Å². The Morgan fingerprint density at radius 2 is 1.93 bits per heavy atom. The molecule has 9 heteroatoms. The highest BCUT2D eigenvalue weighted by molar-refractivity contribution is 7.99. The number of aromatic nitrogens is 3. The van der Waals surface area contributed by atoms with Crippen LogP contribution in [0.2, 0.25) is 0 Å². The first-order chi connectivity index (χ1) is 13.6. The van der Waals surface area contributed by atoms with Crippen LogP contribution in [-0.4, -0.2) is 39.2 Å². The van der Waals surface area contributed by atoms with Gasteiger partial charge in [0.05, 0.1) is 18.6 Å². The summed E-state index contributed by atoms with van der Waals surface area (Å²) in [6.07, 6.45) is 0. The second kappa shape index (κ2) is 9.05. The Bertz CT molecular complexity index is 987. The third-order valence-corrected chi connectivity index (χ3v) is 4.85. The van der Waals surface area contributed by atoms with Crippen LogP contribution >= 0.6 is 11.8 Å². The van der Waals surface area contributed by atoms with E-state index in [0.29, 0.717) is 10.7 Å². The quantitative estimate of drug-likeness (QED) is 0.198. The number of anilines is 1. The summed E-state index contributed by atoms with van der Waals surface area (Å²) in [5.41, 5.74) is 5.08. The van der Waals surface area contributed by atoms with E-state index in [2.05, 4.69) is 20.7 Å². The highest BCUT2D eigenvalue weighted by Crippen LogP contribution is 2.19. The van der Waals surface area contributed by atoms with Crippen molar-refractivity contribution in [2.45, 2.75) is 12.1 Å². The summed E-state index contributed by atoms with van der Waals surface area (Å²) in [5.74, 6) is 7.24. The van der Waals surface area contributed by atoms with E-state index in [4.69, 9.17) is 10.6 Å². The van der Waals surface area contributed by atoms with Crippen LogP contribution in [0.25, 0.3) is 0 Å². The molecular weight excluding hydrogens is 376 g/mol. The molecule has 0 saturated carbocycles. The molecule has 3 N–H and O–H groups in total. The molecule has 0 aliphatic carbocycles. The number of carbonyl (C=O) groups excluding carboxylic acids is 1. The van der Waals surface area contributed by atoms with E-state index in [9.17, 15) is 4.79 Å². The molecule has 0 bridgehead atoms. The second-order valence-corrected chi connectivity index (χ2v) is 6.74. The van der Waals surface area contributed by atoms with Crippen LogP contribution in [0.5, 0.6) is 5.75 Å². The van der Waals surface area contributed by atoms with Gasteiger partial charge in [-0.1, -0.05) is 54.2 Å². The lowest BCUT2D eigenvalue weighted by Gasteiger charge is -2.06. The van der Waals surface area contributed by atoms with Crippen molar-refractivity contribution in [3.8, 4) is 5.75 Å². The van der Waals surface area contributed by atoms with Gasteiger partial charge in [0, 0.05) is 11.1 Å². The van der Waals surface area contributed by atoms with E-state index in [1.165, 1.54) is 16.4 Å². The molecule has 1 heterocycles. The van der Waals surface area contributed by atoms with Crippen molar-refractivity contribution in [1.29, 1.82) is 0 Å². The van der Waals surface area contributed by atoms with Crippen molar-refractivity contribution < 1.29 is 9.53 Å². The number of thioether (sulfide) groups is 1. The topological polar surface area (TPSA) is 107 Å². The number of Topliss-reactive ketones (excluding diaryl/α,β-unsaturated/α-hetero) is 1. The Hall–Kier alpha value is -3.33. The van der Waals surface area contributed by atoms with Gasteiger partial charge in [-0.05, 0) is 19.1 Å². The number of hydrogen-bond donors (Lipinski definition) is 2. The largest absolute Gasteiger partial charge is 0.497 e. The fraction of sp³-hybridized carbons (Fsp3) is 0.158. The Labute approximate surface area is 166 Å². The van der Waals surface area contributed by atoms with Crippen LogP contribution in [0.15, 0.2) is 64.9 Å². The van der Waals surface area contributed by atoms with E-state index in [0.717, 1.165) is 17.0 Å². The molecule has 0 unspecified atom stereocenters. The summed E-state index contributed by atoms with van der Waals surface area (Å²) < 4.78 is 6.49. The molecule has 8 nitrogen and oxygen atoms in total. The number of nitrogens with one attached hydrogen (secondary N) is 1. The number of nitrogens with two attached hydrogens (primary N) is 1. The predicted molar refractivity (Wildman–Crippen MR) is 110 cm³/mol. The summed E-state index contributed by atoms with van der Waals surface area (Å²) >= 11 is 1.22. The van der Waals surface area contributed by atoms with Gasteiger partial charge in [0.1, 0.15) is 5.75 Å². The first-order valence-corrected chi connectivity index (χ1v) is 9.43. The summed E-state index contributed by atoms with van der Waals surface area (Å²) in [6, 6.07) is 16.6. The third-order valence-electron chi connectivity index (χ3n) is 3.90. The molecule has 0 spiro atoms. The van der Waals surface area contributed by atoms with E-state index in [1.807, 2.05) is 49.4 Å². The minimum absolute atomic E-state index is 0.00463. The smallest absolute Gasteiger partial charge is 0.264 e. The zero-order valence-corrected chi connectivity index (χ0v) is 16.3. The first kappa shape index (κ1) is 19.4. The molecule has 0 fully saturated rings. The van der Waals surface area contributed by atoms with Gasteiger partial charge in [0.2, 0.25) is 5.16 Å². The summed E-state index contributed by atoms with van der Waals surface area (Å²) in [4.78, 5) is 12.2. The van der Waals surface area contributed by atoms with E-state index in [-0.39, 0.29) is 17.5 Å². The van der Waals surface area contributed by atoms with Crippen molar-refractivity contribution in [1.82, 2.24) is 14.9 Å². The normalized spacial score (nSPS) is 11.3. The number of nitrogen functional groups attached to an aromatic ring is 1. The van der Waals surface area contributed by atoms with Crippen molar-refractivity contribution in [3.63, 3.8) is 0 Å². The van der Waals surface area contributed by atoms with Gasteiger partial charge < -0.3 is 10.6 Å². The number of benzene rings is 2. The number of ether oxygens (including phenoxy) is 1. The van der Waals surface area contributed by atoms with Gasteiger partial charge >= 0.3 is 0 Å². The van der Waals surface area contributed by atoms with Gasteiger partial charge in [-0.25, -0.2) is 10.1 Å². The van der Waals surface area contributed by atoms with Gasteiger partial charge in [0.25, 0.3) is 5.95 Å². The molecular formula is C19H20N6O2S. The number of ketones is 1. The average Bonchev–Trinajstić information content (AvgIpc) is 3.10. The summed E-state index contributed by atoms with van der Waals surface area (Å²) in [7, 11) is 1.61. The number of nitrogens with zero attached hydrogens (tertiary/aromatic N) is 4. The van der Waals surface area contributed by atoms with Crippen LogP contribution in [0, 0.1) is 0 Å². The minimum atomic E-state index is -0.00463. The number of rotatable bonds is 8. The zero-order valence-electron chi connectivity index (χ0n) is 15.5. The number of hydrazone groups is 1. The van der Waals surface area contributed by atoms with Crippen LogP contribution in [0.3, 0.4) is 0 Å². The van der Waals surface area contributed by atoms with Gasteiger partial charge in [-0.2, -0.15) is 5.10 Å². The predicted octanol–water partition coefficient (Wildman–Crippen LogP) is 2.81. The molecule has 28 heavy (non-hydrogen) atoms. The maximum Gasteiger partial charge on any atom is 0.264 e. The zero-order chi connectivity index (χ0) is 19.9. The molecule has 1 aromatic heterocycles. The highest BCUT2D eigenvalue weighted by atomic mass is 32.2. The van der Waals surface area contributed by atoms with E-state index >= 15 is 0 Å². The van der Waals surface area contributed by atoms with Crippen LogP contribution in [0.4, 0.5) is 5.95 Å². The summed E-state index contributed by atoms with van der Waals surface area (Å²) in [5, 5.41) is 12.7. The number of hydrogen-bond acceptors (Lipinski definition) is 8. The van der Waals surface area contributed by atoms with Gasteiger partial charge in [0.15, 0.2) is 5.78 Å². The SMILES string of the molecule is COc1cccc(/C(C)=N/Nc2nnc(SCC(=O)c3ccccc3)n2N)c1. The molecule has 0 atom stereocenters. The maximum atomic E-state index is 12.2. The molecule has 3 rings (SSSR count). The summed E-state index contributed by atoms with van der Waals surface area (Å²) in [6.45, 7) is 1.85. The monoisotopic (exact) mass is 396 g/mol. The Kier molecular flexibility index (Phi) is 6.28. The van der Waals surface area contributed by atoms with Crippen molar-refractivity contribution in [2.75, 3.05) is 24.1 Å². The Morgan fingerprint density at radius 1 is 1.18 bits per heavy atom. The molecule has 144 valence electrons.